The smallest absolute Gasteiger partial charge is 0.242 e. The Hall–Kier alpha value is -0.740. The fourth-order valence-corrected chi connectivity index (χ4v) is 3.11. The summed E-state index contributed by atoms with van der Waals surface area (Å²) >= 11 is 9.47. The zero-order valence-corrected chi connectivity index (χ0v) is 13.3. The van der Waals surface area contributed by atoms with Gasteiger partial charge in [-0.25, -0.2) is 0 Å². The van der Waals surface area contributed by atoms with Crippen LogP contribution in [-0.2, 0) is 4.79 Å². The van der Waals surface area contributed by atoms with Crippen LogP contribution in [0, 0.1) is 0 Å². The third kappa shape index (κ3) is 3.86. The number of anilines is 1. The van der Waals surface area contributed by atoms with Crippen LogP contribution in [0.4, 0.5) is 5.69 Å². The third-order valence-electron chi connectivity index (χ3n) is 3.48. The highest BCUT2D eigenvalue weighted by molar-refractivity contribution is 9.10. The fourth-order valence-electron chi connectivity index (χ4n) is 2.37. The summed E-state index contributed by atoms with van der Waals surface area (Å²) in [5, 5.41) is 3.73. The van der Waals surface area contributed by atoms with E-state index in [-0.39, 0.29) is 5.91 Å². The van der Waals surface area contributed by atoms with Gasteiger partial charge < -0.3 is 10.2 Å². The van der Waals surface area contributed by atoms with Gasteiger partial charge in [-0.1, -0.05) is 27.5 Å². The molecule has 5 heteroatoms. The number of piperidine rings is 1. The first kappa shape index (κ1) is 14.7. The summed E-state index contributed by atoms with van der Waals surface area (Å²) in [6.45, 7) is 3.28. The Morgan fingerprint density at radius 1 is 1.53 bits per heavy atom. The van der Waals surface area contributed by atoms with Gasteiger partial charge in [-0.15, -0.1) is 0 Å². The number of nitrogens with zero attached hydrogens (tertiary/aromatic N) is 1. The van der Waals surface area contributed by atoms with Gasteiger partial charge in [-0.3, -0.25) is 4.79 Å². The lowest BCUT2D eigenvalue weighted by molar-refractivity contribution is -0.132. The molecule has 1 saturated heterocycles. The first-order valence-electron chi connectivity index (χ1n) is 6.56. The number of carbonyl (C=O) groups is 1. The van der Waals surface area contributed by atoms with Crippen LogP contribution in [0.3, 0.4) is 0 Å². The molecular formula is C14H18BrClN2O. The van der Waals surface area contributed by atoms with E-state index in [0.717, 1.165) is 29.5 Å². The lowest BCUT2D eigenvalue weighted by atomic mass is 10.0. The van der Waals surface area contributed by atoms with Gasteiger partial charge in [0.25, 0.3) is 0 Å². The highest BCUT2D eigenvalue weighted by atomic mass is 79.9. The molecule has 0 radical (unpaired) electrons. The van der Waals surface area contributed by atoms with Gasteiger partial charge in [-0.2, -0.15) is 0 Å². The monoisotopic (exact) mass is 344 g/mol. The summed E-state index contributed by atoms with van der Waals surface area (Å²) in [4.78, 5) is 14.1. The molecule has 1 aromatic rings. The summed E-state index contributed by atoms with van der Waals surface area (Å²) in [6, 6.07) is 5.95. The maximum Gasteiger partial charge on any atom is 0.242 e. The largest absolute Gasteiger partial charge is 0.375 e. The van der Waals surface area contributed by atoms with Gasteiger partial charge in [0.2, 0.25) is 5.91 Å². The molecule has 1 atom stereocenters. The van der Waals surface area contributed by atoms with Crippen LogP contribution in [0.5, 0.6) is 0 Å². The van der Waals surface area contributed by atoms with Crippen LogP contribution in [-0.4, -0.2) is 29.9 Å². The summed E-state index contributed by atoms with van der Waals surface area (Å²) in [5.41, 5.74) is 0.794. The molecule has 1 amide bonds. The van der Waals surface area contributed by atoms with Gasteiger partial charge in [0.1, 0.15) is 0 Å². The normalized spacial score (nSPS) is 19.3. The Kier molecular flexibility index (Phi) is 5.11. The second-order valence-corrected chi connectivity index (χ2v) is 6.23. The standard InChI is InChI=1S/C14H18BrClN2O/c1-10-4-2-3-7-18(10)14(19)9-17-13-6-5-11(15)8-12(13)16/h5-6,8,10,17H,2-4,7,9H2,1H3. The number of halogens is 2. The van der Waals surface area contributed by atoms with E-state index in [9.17, 15) is 4.79 Å². The summed E-state index contributed by atoms with van der Waals surface area (Å²) < 4.78 is 0.930. The lowest BCUT2D eigenvalue weighted by Gasteiger charge is -2.33. The quantitative estimate of drug-likeness (QED) is 0.900. The van der Waals surface area contributed by atoms with Crippen molar-refractivity contribution in [3.8, 4) is 0 Å². The molecule has 104 valence electrons. The van der Waals surface area contributed by atoms with E-state index < -0.39 is 0 Å². The van der Waals surface area contributed by atoms with E-state index in [1.807, 2.05) is 23.1 Å². The molecule has 0 saturated carbocycles. The molecule has 0 aromatic heterocycles. The molecule has 1 unspecified atom stereocenters. The number of hydrogen-bond donors (Lipinski definition) is 1. The van der Waals surface area contributed by atoms with Crippen LogP contribution < -0.4 is 5.32 Å². The number of rotatable bonds is 3. The Morgan fingerprint density at radius 3 is 3.00 bits per heavy atom. The van der Waals surface area contributed by atoms with E-state index in [2.05, 4.69) is 28.2 Å². The van der Waals surface area contributed by atoms with Gasteiger partial charge in [0, 0.05) is 17.1 Å². The van der Waals surface area contributed by atoms with Crippen molar-refractivity contribution in [1.82, 2.24) is 4.90 Å². The van der Waals surface area contributed by atoms with Crippen LogP contribution in [0.15, 0.2) is 22.7 Å². The predicted molar refractivity (Wildman–Crippen MR) is 82.7 cm³/mol. The van der Waals surface area contributed by atoms with Crippen LogP contribution >= 0.6 is 27.5 Å². The summed E-state index contributed by atoms with van der Waals surface area (Å²) in [7, 11) is 0. The first-order chi connectivity index (χ1) is 9.08. The van der Waals surface area contributed by atoms with Gasteiger partial charge in [0.15, 0.2) is 0 Å². The Morgan fingerprint density at radius 2 is 2.32 bits per heavy atom. The van der Waals surface area contributed by atoms with Gasteiger partial charge >= 0.3 is 0 Å². The molecule has 1 fully saturated rings. The molecule has 2 rings (SSSR count). The number of nitrogens with one attached hydrogen (secondary N) is 1. The van der Waals surface area contributed by atoms with Crippen molar-refractivity contribution < 1.29 is 4.79 Å². The topological polar surface area (TPSA) is 32.3 Å². The number of hydrogen-bond acceptors (Lipinski definition) is 2. The second-order valence-electron chi connectivity index (χ2n) is 4.91. The summed E-state index contributed by atoms with van der Waals surface area (Å²) in [6.07, 6.45) is 3.43. The van der Waals surface area contributed by atoms with Crippen molar-refractivity contribution in [2.75, 3.05) is 18.4 Å². The number of amides is 1. The first-order valence-corrected chi connectivity index (χ1v) is 7.73. The SMILES string of the molecule is CC1CCCCN1C(=O)CNc1ccc(Br)cc1Cl. The predicted octanol–water partition coefficient (Wildman–Crippen LogP) is 3.92. The van der Waals surface area contributed by atoms with Crippen LogP contribution in [0.25, 0.3) is 0 Å². The molecule has 0 bridgehead atoms. The van der Waals surface area contributed by atoms with Gasteiger partial charge in [0.05, 0.1) is 17.3 Å². The van der Waals surface area contributed by atoms with E-state index in [4.69, 9.17) is 11.6 Å². The Balaban J connectivity index is 1.92. The molecule has 1 N–H and O–H groups in total. The molecule has 0 spiro atoms. The Labute approximate surface area is 127 Å². The molecule has 19 heavy (non-hydrogen) atoms. The van der Waals surface area contributed by atoms with Crippen molar-refractivity contribution in [1.29, 1.82) is 0 Å². The van der Waals surface area contributed by atoms with Crippen LogP contribution in [0.1, 0.15) is 26.2 Å². The van der Waals surface area contributed by atoms with E-state index >= 15 is 0 Å². The molecular weight excluding hydrogens is 328 g/mol. The highest BCUT2D eigenvalue weighted by Gasteiger charge is 2.22. The molecule has 1 aromatic carbocycles. The molecule has 1 aliphatic heterocycles. The minimum atomic E-state index is 0.145. The van der Waals surface area contributed by atoms with E-state index in [1.165, 1.54) is 6.42 Å². The summed E-state index contributed by atoms with van der Waals surface area (Å²) in [5.74, 6) is 0.145. The molecule has 1 heterocycles. The van der Waals surface area contributed by atoms with Crippen molar-refractivity contribution in [2.45, 2.75) is 32.2 Å². The van der Waals surface area contributed by atoms with Gasteiger partial charge in [-0.05, 0) is 44.4 Å². The molecule has 0 aliphatic carbocycles. The Bertz CT molecular complexity index is 467. The maximum absolute atomic E-state index is 12.2. The number of benzene rings is 1. The minimum absolute atomic E-state index is 0.145. The highest BCUT2D eigenvalue weighted by Crippen LogP contribution is 2.25. The van der Waals surface area contributed by atoms with E-state index in [0.29, 0.717) is 17.6 Å². The minimum Gasteiger partial charge on any atom is -0.375 e. The lowest BCUT2D eigenvalue weighted by Crippen LogP contribution is -2.44. The average molecular weight is 346 g/mol. The molecule has 1 aliphatic rings. The number of likely N-dealkylation sites (tertiary alicyclic amines) is 1. The number of carbonyl (C=O) groups excluding carboxylic acids is 1. The van der Waals surface area contributed by atoms with E-state index in [1.54, 1.807) is 0 Å². The fraction of sp³-hybridized carbons (Fsp3) is 0.500. The zero-order valence-electron chi connectivity index (χ0n) is 11.0. The second kappa shape index (κ2) is 6.62. The maximum atomic E-state index is 12.2. The van der Waals surface area contributed by atoms with Crippen molar-refractivity contribution in [3.05, 3.63) is 27.7 Å². The van der Waals surface area contributed by atoms with Crippen LogP contribution in [0.2, 0.25) is 5.02 Å². The average Bonchev–Trinajstić information content (AvgIpc) is 2.38. The van der Waals surface area contributed by atoms with Crippen molar-refractivity contribution in [2.24, 2.45) is 0 Å². The van der Waals surface area contributed by atoms with Crippen molar-refractivity contribution in [3.63, 3.8) is 0 Å². The van der Waals surface area contributed by atoms with Crippen molar-refractivity contribution >= 4 is 39.1 Å². The third-order valence-corrected chi connectivity index (χ3v) is 4.29. The molecule has 3 nitrogen and oxygen atoms in total. The zero-order chi connectivity index (χ0) is 13.8.